The van der Waals surface area contributed by atoms with Crippen LogP contribution in [0.4, 0.5) is 0 Å². The number of benzene rings is 1. The van der Waals surface area contributed by atoms with Crippen LogP contribution in [0, 0.1) is 0 Å². The van der Waals surface area contributed by atoms with E-state index in [4.69, 9.17) is 32.2 Å². The van der Waals surface area contributed by atoms with Crippen molar-refractivity contribution >= 4 is 41.4 Å². The van der Waals surface area contributed by atoms with Crippen LogP contribution in [-0.2, 0) is 9.09 Å². The van der Waals surface area contributed by atoms with Crippen molar-refractivity contribution in [2.75, 3.05) is 12.4 Å². The Morgan fingerprint density at radius 2 is 2.06 bits per heavy atom. The Kier molecular flexibility index (Phi) is 6.89. The number of rotatable bonds is 7. The Balaban J connectivity index is 2.88. The molecular weight excluding hydrogens is 314 g/mol. The van der Waals surface area contributed by atoms with Gasteiger partial charge in [0.2, 0.25) is 0 Å². The molecule has 0 bridgehead atoms. The minimum absolute atomic E-state index is 0.282. The predicted molar refractivity (Wildman–Crippen MR) is 79.1 cm³/mol. The van der Waals surface area contributed by atoms with Gasteiger partial charge < -0.3 is 4.52 Å². The summed E-state index contributed by atoms with van der Waals surface area (Å²) in [5, 5.41) is 0.828. The highest BCUT2D eigenvalue weighted by Gasteiger charge is 2.27. The third kappa shape index (κ3) is 5.02. The second-order valence-corrected chi connectivity index (χ2v) is 8.33. The zero-order valence-corrected chi connectivity index (χ0v) is 13.4. The lowest BCUT2D eigenvalue weighted by atomic mass is 10.3. The van der Waals surface area contributed by atoms with E-state index in [-0.39, 0.29) is 5.75 Å². The topological polar surface area (TPSA) is 35.5 Å². The quantitative estimate of drug-likeness (QED) is 0.605. The Hall–Kier alpha value is 0.140. The van der Waals surface area contributed by atoms with Gasteiger partial charge in [-0.1, -0.05) is 30.1 Å². The van der Waals surface area contributed by atoms with Gasteiger partial charge in [-0.3, -0.25) is 4.52 Å². The summed E-state index contributed by atoms with van der Waals surface area (Å²) in [5.74, 6) is 0.972. The predicted octanol–water partition coefficient (Wildman–Crippen LogP) is 5.66. The number of halogens is 2. The van der Waals surface area contributed by atoms with E-state index in [0.29, 0.717) is 22.4 Å². The molecule has 1 rings (SSSR count). The molecule has 0 aliphatic rings. The monoisotopic (exact) mass is 328 g/mol. The van der Waals surface area contributed by atoms with Crippen LogP contribution in [-0.4, -0.2) is 12.4 Å². The molecule has 0 N–H and O–H groups in total. The van der Waals surface area contributed by atoms with Crippen LogP contribution < -0.4 is 4.52 Å². The third-order valence-electron chi connectivity index (χ3n) is 1.84. The first-order valence-corrected chi connectivity index (χ1v) is 9.43. The van der Waals surface area contributed by atoms with Gasteiger partial charge in [0, 0.05) is 16.8 Å². The summed E-state index contributed by atoms with van der Waals surface area (Å²) in [6.45, 7) is 0.842. The molecule has 7 heteroatoms. The van der Waals surface area contributed by atoms with Gasteiger partial charge in [-0.15, -0.1) is 0 Å². The first-order chi connectivity index (χ1) is 8.50. The van der Waals surface area contributed by atoms with Crippen LogP contribution in [0.2, 0.25) is 10.0 Å². The molecule has 0 aliphatic carbocycles. The summed E-state index contributed by atoms with van der Waals surface area (Å²) in [4.78, 5) is 0. The van der Waals surface area contributed by atoms with E-state index in [1.807, 2.05) is 6.92 Å². The van der Waals surface area contributed by atoms with E-state index in [0.717, 1.165) is 6.42 Å². The molecule has 0 spiro atoms. The summed E-state index contributed by atoms with van der Waals surface area (Å²) in [6.07, 6.45) is 0.883. The lowest BCUT2D eigenvalue weighted by Gasteiger charge is -2.18. The van der Waals surface area contributed by atoms with Crippen molar-refractivity contribution in [2.45, 2.75) is 20.3 Å². The molecule has 0 amide bonds. The van der Waals surface area contributed by atoms with Crippen molar-refractivity contribution in [3.05, 3.63) is 28.2 Å². The molecule has 3 nitrogen and oxygen atoms in total. The molecule has 0 aliphatic heterocycles. The molecule has 0 saturated carbocycles. The molecule has 0 heterocycles. The van der Waals surface area contributed by atoms with E-state index in [1.54, 1.807) is 19.1 Å². The first-order valence-electron chi connectivity index (χ1n) is 5.54. The average molecular weight is 329 g/mol. The van der Waals surface area contributed by atoms with Crippen LogP contribution in [0.3, 0.4) is 0 Å². The van der Waals surface area contributed by atoms with Crippen LogP contribution >= 0.6 is 41.4 Å². The summed E-state index contributed by atoms with van der Waals surface area (Å²) < 4.78 is 23.1. The van der Waals surface area contributed by atoms with Crippen molar-refractivity contribution in [1.82, 2.24) is 0 Å². The minimum Gasteiger partial charge on any atom is -0.415 e. The van der Waals surface area contributed by atoms with Crippen molar-refractivity contribution in [1.29, 1.82) is 0 Å². The Bertz CT molecular complexity index is 442. The fraction of sp³-hybridized carbons (Fsp3) is 0.455. The fourth-order valence-electron chi connectivity index (χ4n) is 1.12. The van der Waals surface area contributed by atoms with Crippen molar-refractivity contribution in [3.8, 4) is 5.75 Å². The standard InChI is InChI=1S/C11H15Cl2O3PS/c1-3-7-18-17(14,15-4-2)16-11-8-9(12)5-6-10(11)13/h5-6,8H,3-4,7H2,1-2H3. The highest BCUT2D eigenvalue weighted by atomic mass is 35.5. The molecule has 0 saturated heterocycles. The van der Waals surface area contributed by atoms with Crippen molar-refractivity contribution in [2.24, 2.45) is 0 Å². The summed E-state index contributed by atoms with van der Waals surface area (Å²) >= 11 is 13.0. The van der Waals surface area contributed by atoms with E-state index < -0.39 is 6.80 Å². The minimum atomic E-state index is -3.23. The lowest BCUT2D eigenvalue weighted by molar-refractivity contribution is 0.296. The molecule has 1 unspecified atom stereocenters. The molecule has 0 radical (unpaired) electrons. The fourth-order valence-corrected chi connectivity index (χ4v) is 4.94. The van der Waals surface area contributed by atoms with Crippen LogP contribution in [0.5, 0.6) is 5.75 Å². The average Bonchev–Trinajstić information content (AvgIpc) is 2.32. The smallest absolute Gasteiger partial charge is 0.415 e. The maximum atomic E-state index is 12.4. The highest BCUT2D eigenvalue weighted by molar-refractivity contribution is 8.55. The summed E-state index contributed by atoms with van der Waals surface area (Å²) in [5.41, 5.74) is 0. The molecular formula is C11H15Cl2O3PS. The molecule has 0 fully saturated rings. The van der Waals surface area contributed by atoms with E-state index in [9.17, 15) is 4.57 Å². The maximum absolute atomic E-state index is 12.4. The van der Waals surface area contributed by atoms with Crippen LogP contribution in [0.15, 0.2) is 18.2 Å². The zero-order chi connectivity index (χ0) is 13.6. The lowest BCUT2D eigenvalue weighted by Crippen LogP contribution is -1.96. The first kappa shape index (κ1) is 16.2. The second-order valence-electron chi connectivity index (χ2n) is 3.36. The van der Waals surface area contributed by atoms with E-state index >= 15 is 0 Å². The van der Waals surface area contributed by atoms with E-state index in [1.165, 1.54) is 17.4 Å². The van der Waals surface area contributed by atoms with Crippen molar-refractivity contribution < 1.29 is 13.6 Å². The Morgan fingerprint density at radius 3 is 2.67 bits per heavy atom. The van der Waals surface area contributed by atoms with Gasteiger partial charge in [-0.2, -0.15) is 0 Å². The molecule has 102 valence electrons. The van der Waals surface area contributed by atoms with Gasteiger partial charge >= 0.3 is 6.80 Å². The zero-order valence-electron chi connectivity index (χ0n) is 10.2. The Morgan fingerprint density at radius 1 is 1.33 bits per heavy atom. The molecule has 1 aromatic carbocycles. The molecule has 18 heavy (non-hydrogen) atoms. The van der Waals surface area contributed by atoms with Gasteiger partial charge in [0.15, 0.2) is 0 Å². The molecule has 1 atom stereocenters. The van der Waals surface area contributed by atoms with Gasteiger partial charge in [-0.05, 0) is 36.9 Å². The highest BCUT2D eigenvalue weighted by Crippen LogP contribution is 2.60. The van der Waals surface area contributed by atoms with Gasteiger partial charge in [0.25, 0.3) is 0 Å². The van der Waals surface area contributed by atoms with E-state index in [2.05, 4.69) is 0 Å². The Labute approximate surface area is 121 Å². The number of hydrogen-bond donors (Lipinski definition) is 0. The van der Waals surface area contributed by atoms with Crippen LogP contribution in [0.1, 0.15) is 20.3 Å². The molecule has 1 aromatic rings. The SMILES string of the molecule is CCCSP(=O)(OCC)Oc1cc(Cl)ccc1Cl. The largest absolute Gasteiger partial charge is 0.440 e. The number of hydrogen-bond acceptors (Lipinski definition) is 4. The third-order valence-corrected chi connectivity index (χ3v) is 6.33. The summed E-state index contributed by atoms with van der Waals surface area (Å²) in [7, 11) is 0. The molecule has 0 aromatic heterocycles. The van der Waals surface area contributed by atoms with Crippen LogP contribution in [0.25, 0.3) is 0 Å². The normalized spacial score (nSPS) is 14.2. The van der Waals surface area contributed by atoms with Crippen molar-refractivity contribution in [3.63, 3.8) is 0 Å². The van der Waals surface area contributed by atoms with Gasteiger partial charge in [0.05, 0.1) is 11.6 Å². The maximum Gasteiger partial charge on any atom is 0.440 e. The second kappa shape index (κ2) is 7.66. The summed E-state index contributed by atoms with van der Waals surface area (Å²) in [6, 6.07) is 4.77. The van der Waals surface area contributed by atoms with Gasteiger partial charge in [-0.25, -0.2) is 4.57 Å². The van der Waals surface area contributed by atoms with Gasteiger partial charge in [0.1, 0.15) is 5.75 Å².